The van der Waals surface area contributed by atoms with Gasteiger partial charge in [0.05, 0.1) is 29.4 Å². The lowest BCUT2D eigenvalue weighted by Gasteiger charge is -2.50. The highest BCUT2D eigenvalue weighted by atomic mass is 19.4. The molecule has 1 aromatic heterocycles. The maximum Gasteiger partial charge on any atom is 0.417 e. The van der Waals surface area contributed by atoms with Crippen LogP contribution in [0, 0.1) is 16.7 Å². The number of alkyl halides is 3. The molecule has 3 aliphatic carbocycles. The van der Waals surface area contributed by atoms with E-state index in [0.717, 1.165) is 50.7 Å². The van der Waals surface area contributed by atoms with Gasteiger partial charge in [0.15, 0.2) is 5.69 Å². The Bertz CT molecular complexity index is 1210. The average molecular weight is 545 g/mol. The number of aliphatic hydroxyl groups is 1. The molecule has 1 aromatic carbocycles. The molecule has 3 saturated carbocycles. The highest BCUT2D eigenvalue weighted by Crippen LogP contribution is 2.52. The Morgan fingerprint density at radius 2 is 1.72 bits per heavy atom. The number of nitrogens with one attached hydrogen (secondary N) is 1. The molecule has 208 valence electrons. The number of amides is 1. The van der Waals surface area contributed by atoms with Crippen molar-refractivity contribution >= 4 is 5.91 Å². The molecule has 39 heavy (non-hydrogen) atoms. The number of aliphatic hydroxyl groups excluding tert-OH is 1. The molecule has 0 bridgehead atoms. The molecular formula is C28H31F3N4O4. The summed E-state index contributed by atoms with van der Waals surface area (Å²) in [6, 6.07) is 8.04. The van der Waals surface area contributed by atoms with Crippen molar-refractivity contribution in [2.45, 2.75) is 94.7 Å². The molecule has 0 aliphatic heterocycles. The third kappa shape index (κ3) is 6.44. The maximum atomic E-state index is 13.2. The molecule has 2 aromatic rings. The summed E-state index contributed by atoms with van der Waals surface area (Å²) in [4.78, 5) is 12.7. The van der Waals surface area contributed by atoms with Crippen LogP contribution in [-0.4, -0.2) is 45.6 Å². The van der Waals surface area contributed by atoms with Crippen molar-refractivity contribution in [2.75, 3.05) is 0 Å². The third-order valence-corrected chi connectivity index (χ3v) is 8.23. The van der Waals surface area contributed by atoms with E-state index in [1.54, 1.807) is 18.2 Å². The molecule has 0 saturated heterocycles. The lowest BCUT2D eigenvalue weighted by Crippen LogP contribution is -2.46. The standard InChI is InChI=1S/C28H31F3N4O4/c29-28(30,31)23-13-21(4-1-17(23)16-32)38-20-5-2-18(3-6-20)33-26(37)24-7-8-25(35-34-24)39-22-14-27(15-22)11-9-19(36)10-12-27/h1,4,7-8,13,18-20,22,36H,2-3,5-6,9-12,14-15H2,(H,33,37). The molecule has 0 radical (unpaired) electrons. The number of aromatic nitrogens is 2. The SMILES string of the molecule is N#Cc1ccc(OC2CCC(NC(=O)c3ccc(OC4CC5(CCC(O)CC5)C4)nn3)CC2)cc1C(F)(F)F. The van der Waals surface area contributed by atoms with Crippen molar-refractivity contribution < 1.29 is 32.5 Å². The fourth-order valence-corrected chi connectivity index (χ4v) is 5.99. The van der Waals surface area contributed by atoms with E-state index in [2.05, 4.69) is 15.5 Å². The van der Waals surface area contributed by atoms with Crippen LogP contribution in [0.4, 0.5) is 13.2 Å². The first-order valence-corrected chi connectivity index (χ1v) is 13.4. The average Bonchev–Trinajstić information content (AvgIpc) is 2.90. The number of nitrogens with zero attached hydrogens (tertiary/aromatic N) is 3. The van der Waals surface area contributed by atoms with Crippen molar-refractivity contribution in [3.63, 3.8) is 0 Å². The lowest BCUT2D eigenvalue weighted by atomic mass is 9.59. The van der Waals surface area contributed by atoms with Crippen LogP contribution in [0.2, 0.25) is 0 Å². The van der Waals surface area contributed by atoms with Crippen LogP contribution < -0.4 is 14.8 Å². The van der Waals surface area contributed by atoms with Gasteiger partial charge in [0.2, 0.25) is 5.88 Å². The number of hydrogen-bond acceptors (Lipinski definition) is 7. The monoisotopic (exact) mass is 544 g/mol. The molecule has 0 atom stereocenters. The smallest absolute Gasteiger partial charge is 0.417 e. The van der Waals surface area contributed by atoms with Gasteiger partial charge < -0.3 is 19.9 Å². The maximum absolute atomic E-state index is 13.2. The number of ether oxygens (including phenoxy) is 2. The minimum atomic E-state index is -4.64. The zero-order valence-corrected chi connectivity index (χ0v) is 21.4. The summed E-state index contributed by atoms with van der Waals surface area (Å²) >= 11 is 0. The van der Waals surface area contributed by atoms with Crippen LogP contribution in [0.3, 0.4) is 0 Å². The van der Waals surface area contributed by atoms with Crippen LogP contribution in [0.1, 0.15) is 85.8 Å². The van der Waals surface area contributed by atoms with Gasteiger partial charge in [0, 0.05) is 12.1 Å². The molecule has 3 aliphatic rings. The quantitative estimate of drug-likeness (QED) is 0.529. The van der Waals surface area contributed by atoms with E-state index in [1.165, 1.54) is 6.07 Å². The highest BCUT2D eigenvalue weighted by molar-refractivity contribution is 5.92. The minimum absolute atomic E-state index is 0.0704. The fraction of sp³-hybridized carbons (Fsp3) is 0.571. The molecular weight excluding hydrogens is 513 g/mol. The summed E-state index contributed by atoms with van der Waals surface area (Å²) in [6.07, 6.45) is 2.98. The predicted molar refractivity (Wildman–Crippen MR) is 133 cm³/mol. The van der Waals surface area contributed by atoms with Crippen LogP contribution >= 0.6 is 0 Å². The van der Waals surface area contributed by atoms with Crippen molar-refractivity contribution in [3.05, 3.63) is 47.2 Å². The number of rotatable bonds is 6. The van der Waals surface area contributed by atoms with E-state index in [0.29, 0.717) is 31.6 Å². The van der Waals surface area contributed by atoms with Gasteiger partial charge in [-0.1, -0.05) is 0 Å². The van der Waals surface area contributed by atoms with Crippen molar-refractivity contribution in [1.82, 2.24) is 15.5 Å². The molecule has 1 amide bonds. The molecule has 3 fully saturated rings. The predicted octanol–water partition coefficient (Wildman–Crippen LogP) is 4.95. The number of carbonyl (C=O) groups is 1. The normalized spacial score (nSPS) is 28.7. The van der Waals surface area contributed by atoms with Crippen LogP contribution in [-0.2, 0) is 6.18 Å². The molecule has 1 heterocycles. The van der Waals surface area contributed by atoms with Gasteiger partial charge in [-0.15, -0.1) is 10.2 Å². The Hall–Kier alpha value is -3.39. The van der Waals surface area contributed by atoms with Gasteiger partial charge in [-0.2, -0.15) is 18.4 Å². The topological polar surface area (TPSA) is 117 Å². The first kappa shape index (κ1) is 27.2. The van der Waals surface area contributed by atoms with E-state index in [-0.39, 0.29) is 47.1 Å². The Morgan fingerprint density at radius 3 is 2.33 bits per heavy atom. The number of nitriles is 1. The molecule has 11 heteroatoms. The first-order chi connectivity index (χ1) is 18.6. The van der Waals surface area contributed by atoms with Gasteiger partial charge in [-0.3, -0.25) is 4.79 Å². The van der Waals surface area contributed by atoms with Gasteiger partial charge in [-0.25, -0.2) is 0 Å². The summed E-state index contributed by atoms with van der Waals surface area (Å²) in [5, 5.41) is 29.7. The second-order valence-corrected chi connectivity index (χ2v) is 11.0. The second kappa shape index (κ2) is 11.0. The lowest BCUT2D eigenvalue weighted by molar-refractivity contribution is -0.137. The van der Waals surface area contributed by atoms with Gasteiger partial charge in [0.25, 0.3) is 5.91 Å². The third-order valence-electron chi connectivity index (χ3n) is 8.23. The Balaban J connectivity index is 1.06. The molecule has 5 rings (SSSR count). The summed E-state index contributed by atoms with van der Waals surface area (Å²) in [7, 11) is 0. The van der Waals surface area contributed by atoms with Gasteiger partial charge >= 0.3 is 6.18 Å². The first-order valence-electron chi connectivity index (χ1n) is 13.4. The van der Waals surface area contributed by atoms with Crippen molar-refractivity contribution in [2.24, 2.45) is 5.41 Å². The van der Waals surface area contributed by atoms with Crippen LogP contribution in [0.25, 0.3) is 0 Å². The second-order valence-electron chi connectivity index (χ2n) is 11.0. The summed E-state index contributed by atoms with van der Waals surface area (Å²) < 4.78 is 51.3. The number of hydrogen-bond donors (Lipinski definition) is 2. The Labute approximate surface area is 224 Å². The summed E-state index contributed by atoms with van der Waals surface area (Å²) in [6.45, 7) is 0. The Kier molecular flexibility index (Phi) is 7.67. The van der Waals surface area contributed by atoms with Gasteiger partial charge in [-0.05, 0) is 93.9 Å². The van der Waals surface area contributed by atoms with Crippen LogP contribution in [0.15, 0.2) is 30.3 Å². The zero-order chi connectivity index (χ0) is 27.6. The zero-order valence-electron chi connectivity index (χ0n) is 21.4. The molecule has 8 nitrogen and oxygen atoms in total. The van der Waals surface area contributed by atoms with Crippen molar-refractivity contribution in [3.8, 4) is 17.7 Å². The van der Waals surface area contributed by atoms with Crippen molar-refractivity contribution in [1.29, 1.82) is 5.26 Å². The number of halogens is 3. The van der Waals surface area contributed by atoms with E-state index in [9.17, 15) is 23.1 Å². The number of carbonyl (C=O) groups excluding carboxylic acids is 1. The largest absolute Gasteiger partial charge is 0.490 e. The molecule has 0 unspecified atom stereocenters. The molecule has 2 N–H and O–H groups in total. The number of benzene rings is 1. The van der Waals surface area contributed by atoms with E-state index >= 15 is 0 Å². The molecule has 1 spiro atoms. The Morgan fingerprint density at radius 1 is 1.00 bits per heavy atom. The summed E-state index contributed by atoms with van der Waals surface area (Å²) in [5.41, 5.74) is -0.983. The van der Waals surface area contributed by atoms with Gasteiger partial charge in [0.1, 0.15) is 11.9 Å². The minimum Gasteiger partial charge on any atom is -0.490 e. The fourth-order valence-electron chi connectivity index (χ4n) is 5.99. The summed E-state index contributed by atoms with van der Waals surface area (Å²) in [5.74, 6) is 0.112. The van der Waals surface area contributed by atoms with E-state index in [1.807, 2.05) is 0 Å². The van der Waals surface area contributed by atoms with E-state index < -0.39 is 17.3 Å². The van der Waals surface area contributed by atoms with E-state index in [4.69, 9.17) is 14.7 Å². The van der Waals surface area contributed by atoms with Crippen LogP contribution in [0.5, 0.6) is 11.6 Å². The highest BCUT2D eigenvalue weighted by Gasteiger charge is 2.47.